The zero-order chi connectivity index (χ0) is 29.2. The lowest BCUT2D eigenvalue weighted by Crippen LogP contribution is -2.42. The van der Waals surface area contributed by atoms with Crippen molar-refractivity contribution in [1.29, 1.82) is 0 Å². The number of aliphatic hydroxyl groups is 1. The van der Waals surface area contributed by atoms with Crippen LogP contribution >= 0.6 is 7.75 Å². The summed E-state index contributed by atoms with van der Waals surface area (Å²) in [5, 5.41) is 13.4. The standard InChI is InChI=1S/C25H30FN6O7P/c1-7-25(26)20(33)18(38-24(25)32-14-27-19-21(31(4)5)28-16(3)29-22(19)32)13-37-40(35,30-15(2)23(34)36-6)39-17-11-9-8-10-12-17/h1,8-12,14-15,18,20,24,33H,13H2,2-6H3,(H,30,35)/t15-,18+,20+,24+,25+,40-/m0/s1. The van der Waals surface area contributed by atoms with Crippen molar-refractivity contribution in [1.82, 2.24) is 24.6 Å². The first-order chi connectivity index (χ1) is 18.9. The van der Waals surface area contributed by atoms with Crippen LogP contribution in [-0.2, 0) is 23.4 Å². The second-order valence-corrected chi connectivity index (χ2v) is 11.0. The molecule has 3 aromatic rings. The molecule has 0 amide bonds. The number of fused-ring (bicyclic) bond motifs is 1. The number of para-hydroxylation sites is 1. The molecule has 15 heteroatoms. The average Bonchev–Trinajstić information content (AvgIpc) is 3.45. The highest BCUT2D eigenvalue weighted by molar-refractivity contribution is 7.52. The van der Waals surface area contributed by atoms with Gasteiger partial charge in [-0.25, -0.2) is 23.9 Å². The van der Waals surface area contributed by atoms with Gasteiger partial charge in [0, 0.05) is 14.1 Å². The summed E-state index contributed by atoms with van der Waals surface area (Å²) in [4.78, 5) is 26.8. The number of nitrogens with one attached hydrogen (secondary N) is 1. The third-order valence-electron chi connectivity index (χ3n) is 6.14. The molecule has 0 saturated carbocycles. The van der Waals surface area contributed by atoms with Crippen LogP contribution in [0.1, 0.15) is 19.0 Å². The van der Waals surface area contributed by atoms with Crippen molar-refractivity contribution in [3.63, 3.8) is 0 Å². The Labute approximate surface area is 230 Å². The molecule has 4 rings (SSSR count). The summed E-state index contributed by atoms with van der Waals surface area (Å²) in [7, 11) is 0.416. The first-order valence-corrected chi connectivity index (χ1v) is 13.7. The van der Waals surface area contributed by atoms with Crippen molar-refractivity contribution in [2.24, 2.45) is 0 Å². The number of rotatable bonds is 10. The van der Waals surface area contributed by atoms with Crippen LogP contribution < -0.4 is 14.5 Å². The van der Waals surface area contributed by atoms with Gasteiger partial charge in [0.2, 0.25) is 5.67 Å². The van der Waals surface area contributed by atoms with Gasteiger partial charge in [-0.1, -0.05) is 24.1 Å². The van der Waals surface area contributed by atoms with Gasteiger partial charge in [0.15, 0.2) is 23.2 Å². The van der Waals surface area contributed by atoms with E-state index in [-0.39, 0.29) is 11.4 Å². The van der Waals surface area contributed by atoms with Crippen LogP contribution in [0.15, 0.2) is 36.7 Å². The Morgan fingerprint density at radius 3 is 2.70 bits per heavy atom. The third-order valence-corrected chi connectivity index (χ3v) is 7.79. The number of imidazole rings is 1. The lowest BCUT2D eigenvalue weighted by molar-refractivity contribution is -0.142. The van der Waals surface area contributed by atoms with Crippen LogP contribution in [0.25, 0.3) is 11.2 Å². The molecule has 1 aromatic carbocycles. The molecule has 214 valence electrons. The minimum absolute atomic E-state index is 0.168. The van der Waals surface area contributed by atoms with Gasteiger partial charge in [-0.2, -0.15) is 5.09 Å². The molecule has 13 nitrogen and oxygen atoms in total. The van der Waals surface area contributed by atoms with E-state index in [1.54, 1.807) is 44.1 Å². The van der Waals surface area contributed by atoms with Gasteiger partial charge in [0.25, 0.3) is 0 Å². The van der Waals surface area contributed by atoms with Crippen molar-refractivity contribution in [3.05, 3.63) is 42.5 Å². The number of hydrogen-bond donors (Lipinski definition) is 2. The highest BCUT2D eigenvalue weighted by Gasteiger charge is 2.58. The summed E-state index contributed by atoms with van der Waals surface area (Å²) in [6.45, 7) is 2.44. The Hall–Kier alpha value is -3.60. The van der Waals surface area contributed by atoms with Gasteiger partial charge in [0.1, 0.15) is 29.8 Å². The molecule has 0 spiro atoms. The number of hydrogen-bond acceptors (Lipinski definition) is 11. The van der Waals surface area contributed by atoms with Gasteiger partial charge < -0.3 is 24.0 Å². The number of aliphatic hydroxyl groups excluding tert-OH is 1. The van der Waals surface area contributed by atoms with Crippen LogP contribution in [0, 0.1) is 19.3 Å². The van der Waals surface area contributed by atoms with Crippen LogP contribution in [0.3, 0.4) is 0 Å². The lowest BCUT2D eigenvalue weighted by atomic mass is 9.97. The first-order valence-electron chi connectivity index (χ1n) is 12.2. The van der Waals surface area contributed by atoms with E-state index in [0.29, 0.717) is 17.2 Å². The predicted molar refractivity (Wildman–Crippen MR) is 142 cm³/mol. The smallest absolute Gasteiger partial charge is 0.459 e. The maximum Gasteiger partial charge on any atom is 0.459 e. The van der Waals surface area contributed by atoms with Gasteiger partial charge in [-0.15, -0.1) is 6.42 Å². The molecular formula is C25H30FN6O7P. The molecule has 1 fully saturated rings. The maximum absolute atomic E-state index is 16.2. The van der Waals surface area contributed by atoms with Gasteiger partial charge in [-0.05, 0) is 26.0 Å². The fourth-order valence-corrected chi connectivity index (χ4v) is 5.65. The second-order valence-electron chi connectivity index (χ2n) is 9.27. The zero-order valence-corrected chi connectivity index (χ0v) is 23.4. The van der Waals surface area contributed by atoms with Crippen LogP contribution in [-0.4, -0.2) is 82.3 Å². The third kappa shape index (κ3) is 5.65. The number of aromatic nitrogens is 4. The maximum atomic E-state index is 16.2. The van der Waals surface area contributed by atoms with Crippen molar-refractivity contribution >= 4 is 30.7 Å². The van der Waals surface area contributed by atoms with Crippen molar-refractivity contribution < 1.29 is 37.4 Å². The number of ether oxygens (including phenoxy) is 2. The number of carbonyl (C=O) groups excluding carboxylic acids is 1. The lowest BCUT2D eigenvalue weighted by Gasteiger charge is -2.24. The van der Waals surface area contributed by atoms with Crippen molar-refractivity contribution in [2.45, 2.75) is 44.0 Å². The highest BCUT2D eigenvalue weighted by atomic mass is 31.2. The topological polar surface area (TPSA) is 150 Å². The fourth-order valence-electron chi connectivity index (χ4n) is 4.15. The number of aryl methyl sites for hydroxylation is 1. The van der Waals surface area contributed by atoms with Gasteiger partial charge in [0.05, 0.1) is 20.0 Å². The Morgan fingerprint density at radius 1 is 1.38 bits per heavy atom. The monoisotopic (exact) mass is 576 g/mol. The summed E-state index contributed by atoms with van der Waals surface area (Å²) in [6, 6.07) is 6.96. The quantitative estimate of drug-likeness (QED) is 0.207. The van der Waals surface area contributed by atoms with E-state index >= 15 is 4.39 Å². The summed E-state index contributed by atoms with van der Waals surface area (Å²) in [6.07, 6.45) is 1.97. The van der Waals surface area contributed by atoms with Gasteiger partial charge >= 0.3 is 13.7 Å². The SMILES string of the molecule is C#C[C@@]1(F)[C@H](O)[C@@H](CO[P@@](=O)(N[C@@H](C)C(=O)OC)Oc2ccccc2)O[C@H]1n1cnc2c(N(C)C)nc(C)nc21. The van der Waals surface area contributed by atoms with Crippen LogP contribution in [0.4, 0.5) is 10.2 Å². The first kappa shape index (κ1) is 29.4. The van der Waals surface area contributed by atoms with Crippen LogP contribution in [0.5, 0.6) is 5.75 Å². The normalized spacial score (nSPS) is 24.7. The summed E-state index contributed by atoms with van der Waals surface area (Å²) < 4.78 is 52.7. The van der Waals surface area contributed by atoms with E-state index in [2.05, 4.69) is 24.8 Å². The molecule has 1 aliphatic rings. The minimum Gasteiger partial charge on any atom is -0.468 e. The molecule has 1 saturated heterocycles. The number of anilines is 1. The van der Waals surface area contributed by atoms with Crippen molar-refractivity contribution in [2.75, 3.05) is 32.7 Å². The number of carbonyl (C=O) groups is 1. The summed E-state index contributed by atoms with van der Waals surface area (Å²) in [5.41, 5.74) is -2.14. The Kier molecular flexibility index (Phi) is 8.44. The largest absolute Gasteiger partial charge is 0.468 e. The number of benzene rings is 1. The molecular weight excluding hydrogens is 546 g/mol. The number of terminal acetylenes is 1. The molecule has 0 aliphatic carbocycles. The molecule has 2 aromatic heterocycles. The molecule has 40 heavy (non-hydrogen) atoms. The molecule has 3 heterocycles. The summed E-state index contributed by atoms with van der Waals surface area (Å²) in [5.74, 6) is 2.32. The van der Waals surface area contributed by atoms with E-state index < -0.39 is 50.5 Å². The molecule has 0 radical (unpaired) electrons. The van der Waals surface area contributed by atoms with E-state index in [9.17, 15) is 14.5 Å². The number of nitrogens with zero attached hydrogens (tertiary/aromatic N) is 5. The van der Waals surface area contributed by atoms with E-state index in [1.165, 1.54) is 37.1 Å². The number of methoxy groups -OCH3 is 1. The molecule has 0 bridgehead atoms. The molecule has 1 aliphatic heterocycles. The number of alkyl halides is 1. The van der Waals surface area contributed by atoms with Gasteiger partial charge in [-0.3, -0.25) is 13.9 Å². The molecule has 2 N–H and O–H groups in total. The van der Waals surface area contributed by atoms with Crippen molar-refractivity contribution in [3.8, 4) is 18.1 Å². The van der Waals surface area contributed by atoms with E-state index in [1.807, 2.05) is 5.92 Å². The number of esters is 1. The second kappa shape index (κ2) is 11.5. The average molecular weight is 577 g/mol. The minimum atomic E-state index is -4.30. The predicted octanol–water partition coefficient (Wildman–Crippen LogP) is 2.16. The number of halogens is 1. The van der Waals surface area contributed by atoms with Crippen LogP contribution in [0.2, 0.25) is 0 Å². The Bertz CT molecular complexity index is 1470. The highest BCUT2D eigenvalue weighted by Crippen LogP contribution is 2.48. The Balaban J connectivity index is 1.62. The molecule has 0 unspecified atom stereocenters. The van der Waals surface area contributed by atoms with E-state index in [4.69, 9.17) is 20.2 Å². The summed E-state index contributed by atoms with van der Waals surface area (Å²) >= 11 is 0. The Morgan fingerprint density at radius 2 is 2.08 bits per heavy atom. The fraction of sp³-hybridized carbons (Fsp3) is 0.440. The van der Waals surface area contributed by atoms with E-state index in [0.717, 1.165) is 0 Å². The molecule has 6 atom stereocenters. The zero-order valence-electron chi connectivity index (χ0n) is 22.5.